The first-order valence-corrected chi connectivity index (χ1v) is 5.57. The van der Waals surface area contributed by atoms with Crippen LogP contribution < -0.4 is 5.32 Å². The van der Waals surface area contributed by atoms with Gasteiger partial charge in [0.05, 0.1) is 6.17 Å². The van der Waals surface area contributed by atoms with E-state index in [1.807, 2.05) is 6.08 Å². The predicted octanol–water partition coefficient (Wildman–Crippen LogP) is 2.23. The van der Waals surface area contributed by atoms with Gasteiger partial charge in [0, 0.05) is 12.1 Å². The molecule has 2 atom stereocenters. The second-order valence-electron chi connectivity index (χ2n) is 4.96. The summed E-state index contributed by atoms with van der Waals surface area (Å²) in [6.07, 6.45) is 5.00. The van der Waals surface area contributed by atoms with Gasteiger partial charge in [0.2, 0.25) is 0 Å². The molecule has 0 aromatic heterocycles. The van der Waals surface area contributed by atoms with Crippen LogP contribution >= 0.6 is 0 Å². The standard InChI is InChI=1S/C12H24N2/c1-6-9-13-11-8-7-10(2)12(3,4)14(11)5/h6,10-11,13H,1,7-9H2,2-5H3. The third-order valence-electron chi connectivity index (χ3n) is 3.95. The Labute approximate surface area is 88.4 Å². The van der Waals surface area contributed by atoms with Crippen molar-refractivity contribution in [1.82, 2.24) is 10.2 Å². The van der Waals surface area contributed by atoms with E-state index < -0.39 is 0 Å². The molecule has 2 heteroatoms. The van der Waals surface area contributed by atoms with E-state index in [0.717, 1.165) is 12.5 Å². The highest BCUT2D eigenvalue weighted by atomic mass is 15.3. The van der Waals surface area contributed by atoms with E-state index in [1.54, 1.807) is 0 Å². The van der Waals surface area contributed by atoms with E-state index in [0.29, 0.717) is 11.7 Å². The predicted molar refractivity (Wildman–Crippen MR) is 62.2 cm³/mol. The Bertz CT molecular complexity index is 198. The number of rotatable bonds is 3. The average Bonchev–Trinajstić information content (AvgIpc) is 2.14. The molecular formula is C12H24N2. The molecule has 0 aromatic rings. The monoisotopic (exact) mass is 196 g/mol. The van der Waals surface area contributed by atoms with Gasteiger partial charge in [-0.3, -0.25) is 10.2 Å². The van der Waals surface area contributed by atoms with Crippen LogP contribution in [-0.2, 0) is 0 Å². The van der Waals surface area contributed by atoms with E-state index in [4.69, 9.17) is 0 Å². The van der Waals surface area contributed by atoms with Crippen LogP contribution in [0.3, 0.4) is 0 Å². The third kappa shape index (κ3) is 2.18. The molecule has 1 N–H and O–H groups in total. The Kier molecular flexibility index (Phi) is 3.73. The lowest BCUT2D eigenvalue weighted by atomic mass is 9.79. The molecule has 0 aromatic carbocycles. The molecule has 0 aliphatic carbocycles. The third-order valence-corrected chi connectivity index (χ3v) is 3.95. The van der Waals surface area contributed by atoms with Crippen molar-refractivity contribution in [3.8, 4) is 0 Å². The van der Waals surface area contributed by atoms with Crippen LogP contribution in [0.4, 0.5) is 0 Å². The summed E-state index contributed by atoms with van der Waals surface area (Å²) >= 11 is 0. The average molecular weight is 196 g/mol. The van der Waals surface area contributed by atoms with Crippen molar-refractivity contribution >= 4 is 0 Å². The molecule has 82 valence electrons. The van der Waals surface area contributed by atoms with Crippen LogP contribution in [-0.4, -0.2) is 30.2 Å². The Morgan fingerprint density at radius 3 is 2.71 bits per heavy atom. The molecule has 0 saturated carbocycles. The van der Waals surface area contributed by atoms with Crippen LogP contribution in [0, 0.1) is 5.92 Å². The molecule has 0 bridgehead atoms. The molecule has 0 radical (unpaired) electrons. The molecular weight excluding hydrogens is 172 g/mol. The van der Waals surface area contributed by atoms with Crippen LogP contribution in [0.1, 0.15) is 33.6 Å². The van der Waals surface area contributed by atoms with Gasteiger partial charge in [-0.05, 0) is 39.7 Å². The summed E-state index contributed by atoms with van der Waals surface area (Å²) in [6, 6.07) is 0. The van der Waals surface area contributed by atoms with Gasteiger partial charge in [0.15, 0.2) is 0 Å². The summed E-state index contributed by atoms with van der Waals surface area (Å²) < 4.78 is 0. The molecule has 1 aliphatic heterocycles. The lowest BCUT2D eigenvalue weighted by Crippen LogP contribution is -2.59. The Morgan fingerprint density at radius 1 is 1.50 bits per heavy atom. The van der Waals surface area contributed by atoms with Gasteiger partial charge in [0.25, 0.3) is 0 Å². The van der Waals surface area contributed by atoms with Crippen LogP contribution in [0.25, 0.3) is 0 Å². The maximum absolute atomic E-state index is 3.74. The Hall–Kier alpha value is -0.340. The largest absolute Gasteiger partial charge is 0.298 e. The number of likely N-dealkylation sites (tertiary alicyclic amines) is 1. The van der Waals surface area contributed by atoms with Gasteiger partial charge in [0.1, 0.15) is 0 Å². The molecule has 0 amide bonds. The molecule has 1 saturated heterocycles. The first kappa shape index (κ1) is 11.7. The number of piperidine rings is 1. The van der Waals surface area contributed by atoms with Gasteiger partial charge in [-0.2, -0.15) is 0 Å². The highest BCUT2D eigenvalue weighted by Gasteiger charge is 2.38. The molecule has 1 fully saturated rings. The topological polar surface area (TPSA) is 15.3 Å². The van der Waals surface area contributed by atoms with E-state index >= 15 is 0 Å². The van der Waals surface area contributed by atoms with E-state index in [1.165, 1.54) is 12.8 Å². The van der Waals surface area contributed by atoms with Gasteiger partial charge in [-0.1, -0.05) is 13.0 Å². The summed E-state index contributed by atoms with van der Waals surface area (Å²) in [4.78, 5) is 2.46. The minimum Gasteiger partial charge on any atom is -0.298 e. The molecule has 1 aliphatic rings. The maximum Gasteiger partial charge on any atom is 0.0601 e. The molecule has 2 unspecified atom stereocenters. The Morgan fingerprint density at radius 2 is 2.14 bits per heavy atom. The second kappa shape index (κ2) is 4.45. The van der Waals surface area contributed by atoms with Crippen molar-refractivity contribution in [1.29, 1.82) is 0 Å². The fraction of sp³-hybridized carbons (Fsp3) is 0.833. The fourth-order valence-corrected chi connectivity index (χ4v) is 2.16. The van der Waals surface area contributed by atoms with E-state index in [9.17, 15) is 0 Å². The van der Waals surface area contributed by atoms with Gasteiger partial charge in [-0.25, -0.2) is 0 Å². The van der Waals surface area contributed by atoms with Crippen molar-refractivity contribution in [3.63, 3.8) is 0 Å². The van der Waals surface area contributed by atoms with Crippen LogP contribution in [0.15, 0.2) is 12.7 Å². The zero-order valence-corrected chi connectivity index (χ0v) is 10.0. The normalized spacial score (nSPS) is 32.9. The van der Waals surface area contributed by atoms with E-state index in [2.05, 4.69) is 44.6 Å². The van der Waals surface area contributed by atoms with Gasteiger partial charge in [-0.15, -0.1) is 6.58 Å². The minimum absolute atomic E-state index is 0.303. The SMILES string of the molecule is C=CCNC1CCC(C)C(C)(C)N1C. The maximum atomic E-state index is 3.74. The van der Waals surface area contributed by atoms with Gasteiger partial charge < -0.3 is 0 Å². The number of hydrogen-bond donors (Lipinski definition) is 1. The smallest absolute Gasteiger partial charge is 0.0601 e. The zero-order chi connectivity index (χ0) is 10.8. The zero-order valence-electron chi connectivity index (χ0n) is 10.0. The molecule has 2 nitrogen and oxygen atoms in total. The number of nitrogens with zero attached hydrogens (tertiary/aromatic N) is 1. The highest BCUT2D eigenvalue weighted by molar-refractivity contribution is 4.93. The number of nitrogens with one attached hydrogen (secondary N) is 1. The highest BCUT2D eigenvalue weighted by Crippen LogP contribution is 2.33. The molecule has 1 heterocycles. The molecule has 14 heavy (non-hydrogen) atoms. The molecule has 1 rings (SSSR count). The van der Waals surface area contributed by atoms with Crippen molar-refractivity contribution in [2.45, 2.75) is 45.3 Å². The van der Waals surface area contributed by atoms with Crippen molar-refractivity contribution in [2.24, 2.45) is 5.92 Å². The van der Waals surface area contributed by atoms with Crippen molar-refractivity contribution in [3.05, 3.63) is 12.7 Å². The van der Waals surface area contributed by atoms with Gasteiger partial charge >= 0.3 is 0 Å². The minimum atomic E-state index is 0.303. The first-order chi connectivity index (χ1) is 6.50. The summed E-state index contributed by atoms with van der Waals surface area (Å²) in [7, 11) is 2.22. The summed E-state index contributed by atoms with van der Waals surface area (Å²) in [5.74, 6) is 0.772. The van der Waals surface area contributed by atoms with Crippen molar-refractivity contribution in [2.75, 3.05) is 13.6 Å². The van der Waals surface area contributed by atoms with Crippen LogP contribution in [0.5, 0.6) is 0 Å². The summed E-state index contributed by atoms with van der Waals surface area (Å²) in [5.41, 5.74) is 0.303. The summed E-state index contributed by atoms with van der Waals surface area (Å²) in [6.45, 7) is 11.7. The van der Waals surface area contributed by atoms with Crippen molar-refractivity contribution < 1.29 is 0 Å². The molecule has 0 spiro atoms. The van der Waals surface area contributed by atoms with Crippen LogP contribution in [0.2, 0.25) is 0 Å². The number of hydrogen-bond acceptors (Lipinski definition) is 2. The second-order valence-corrected chi connectivity index (χ2v) is 4.96. The summed E-state index contributed by atoms with van der Waals surface area (Å²) in [5, 5.41) is 3.51. The lowest BCUT2D eigenvalue weighted by molar-refractivity contribution is -0.00535. The quantitative estimate of drug-likeness (QED) is 0.696. The van der Waals surface area contributed by atoms with E-state index in [-0.39, 0.29) is 0 Å². The lowest BCUT2D eigenvalue weighted by Gasteiger charge is -2.49. The Balaban J connectivity index is 2.60. The first-order valence-electron chi connectivity index (χ1n) is 5.57. The fourth-order valence-electron chi connectivity index (χ4n) is 2.16.